The van der Waals surface area contributed by atoms with Crippen molar-refractivity contribution in [3.05, 3.63) is 59.8 Å². The molecular formula is C27H23F3N6O3. The second-order valence-electron chi connectivity index (χ2n) is 10.5. The van der Waals surface area contributed by atoms with Crippen molar-refractivity contribution in [2.45, 2.75) is 6.18 Å². The van der Waals surface area contributed by atoms with Crippen LogP contribution in [0.15, 0.2) is 48.5 Å². The average molecular weight is 537 g/mol. The van der Waals surface area contributed by atoms with Crippen LogP contribution >= 0.6 is 0 Å². The molecule has 0 spiro atoms. The molecule has 4 atom stereocenters. The van der Waals surface area contributed by atoms with Gasteiger partial charge in [0, 0.05) is 37.1 Å². The predicted octanol–water partition coefficient (Wildman–Crippen LogP) is 3.54. The van der Waals surface area contributed by atoms with Gasteiger partial charge in [-0.2, -0.15) is 28.6 Å². The number of pyridine rings is 1. The summed E-state index contributed by atoms with van der Waals surface area (Å²) in [5.74, 6) is 0.606. The number of carbonyl (C=O) groups excluding carboxylic acids is 2. The number of H-pyrrole nitrogens is 1. The van der Waals surface area contributed by atoms with Crippen molar-refractivity contribution < 1.29 is 27.5 Å². The molecule has 9 nitrogen and oxygen atoms in total. The van der Waals surface area contributed by atoms with E-state index < -0.39 is 12.8 Å². The van der Waals surface area contributed by atoms with Crippen molar-refractivity contribution in [3.63, 3.8) is 0 Å². The van der Waals surface area contributed by atoms with Gasteiger partial charge in [-0.15, -0.1) is 0 Å². The first kappa shape index (κ1) is 23.9. The van der Waals surface area contributed by atoms with Crippen LogP contribution in [0.5, 0.6) is 5.88 Å². The van der Waals surface area contributed by atoms with E-state index in [-0.39, 0.29) is 35.2 Å². The number of fused-ring (bicyclic) bond motifs is 6. The number of ether oxygens (including phenoxy) is 1. The first-order chi connectivity index (χ1) is 18.7. The third kappa shape index (κ3) is 4.05. The third-order valence-corrected chi connectivity index (χ3v) is 8.36. The maximum atomic E-state index is 13.4. The highest BCUT2D eigenvalue weighted by atomic mass is 19.4. The molecule has 2 saturated heterocycles. The molecule has 0 bridgehead atoms. The Balaban J connectivity index is 1.05. The van der Waals surface area contributed by atoms with Crippen LogP contribution in [0, 0.1) is 23.7 Å². The minimum atomic E-state index is -4.52. The summed E-state index contributed by atoms with van der Waals surface area (Å²) in [5.41, 5.74) is 1.98. The number of aromatic nitrogens is 4. The molecule has 12 heteroatoms. The van der Waals surface area contributed by atoms with Crippen molar-refractivity contribution in [1.82, 2.24) is 30.2 Å². The molecule has 0 unspecified atom stereocenters. The number of hydrogen-bond acceptors (Lipinski definition) is 6. The van der Waals surface area contributed by atoms with Crippen molar-refractivity contribution in [3.8, 4) is 5.88 Å². The van der Waals surface area contributed by atoms with E-state index >= 15 is 0 Å². The van der Waals surface area contributed by atoms with Gasteiger partial charge in [-0.1, -0.05) is 18.2 Å². The lowest BCUT2D eigenvalue weighted by atomic mass is 9.60. The quantitative estimate of drug-likeness (QED) is 0.428. The maximum absolute atomic E-state index is 13.4. The van der Waals surface area contributed by atoms with E-state index in [1.165, 1.54) is 0 Å². The fourth-order valence-electron chi connectivity index (χ4n) is 6.56. The smallest absolute Gasteiger partial charge is 0.422 e. The molecule has 7 rings (SSSR count). The van der Waals surface area contributed by atoms with Gasteiger partial charge in [0.15, 0.2) is 6.61 Å². The van der Waals surface area contributed by atoms with Crippen LogP contribution in [0.2, 0.25) is 0 Å². The molecule has 3 fully saturated rings. The van der Waals surface area contributed by atoms with E-state index in [9.17, 15) is 22.8 Å². The number of nitrogens with zero attached hydrogens (tertiary/aromatic N) is 5. The molecular weight excluding hydrogens is 513 g/mol. The fourth-order valence-corrected chi connectivity index (χ4v) is 6.56. The number of benzene rings is 2. The maximum Gasteiger partial charge on any atom is 0.422 e. The highest BCUT2D eigenvalue weighted by Gasteiger charge is 2.59. The van der Waals surface area contributed by atoms with Crippen LogP contribution in [0.25, 0.3) is 21.8 Å². The number of carbonyl (C=O) groups is 2. The Morgan fingerprint density at radius 1 is 0.872 bits per heavy atom. The Morgan fingerprint density at radius 2 is 1.51 bits per heavy atom. The molecule has 2 aromatic heterocycles. The zero-order chi connectivity index (χ0) is 26.9. The van der Waals surface area contributed by atoms with Crippen molar-refractivity contribution in [1.29, 1.82) is 0 Å². The monoisotopic (exact) mass is 536 g/mol. The van der Waals surface area contributed by atoms with Gasteiger partial charge in [0.05, 0.1) is 0 Å². The summed E-state index contributed by atoms with van der Waals surface area (Å²) in [4.78, 5) is 34.4. The number of halogens is 3. The lowest BCUT2D eigenvalue weighted by molar-refractivity contribution is -0.153. The Hall–Kier alpha value is -4.22. The van der Waals surface area contributed by atoms with Crippen molar-refractivity contribution in [2.24, 2.45) is 23.7 Å². The topological polar surface area (TPSA) is 104 Å². The van der Waals surface area contributed by atoms with Crippen LogP contribution in [-0.2, 0) is 0 Å². The number of rotatable bonds is 4. The Morgan fingerprint density at radius 3 is 2.21 bits per heavy atom. The first-order valence-electron chi connectivity index (χ1n) is 12.7. The van der Waals surface area contributed by atoms with Gasteiger partial charge in [-0.25, -0.2) is 4.98 Å². The normalized spacial score (nSPS) is 24.1. The molecule has 2 aliphatic heterocycles. The minimum absolute atomic E-state index is 0.0351. The molecule has 39 heavy (non-hydrogen) atoms. The summed E-state index contributed by atoms with van der Waals surface area (Å²) >= 11 is 0. The SMILES string of the molecule is O=C(c1ccc2n[nH]nc2c1)N1C[C@@H]2[C@H](C1)[C@H]1CN(C(=O)c3cc4ccccc4c(OCC(F)(F)F)n3)C[C@@H]21. The molecule has 2 aromatic carbocycles. The van der Waals surface area contributed by atoms with E-state index in [0.717, 1.165) is 0 Å². The predicted molar refractivity (Wildman–Crippen MR) is 133 cm³/mol. The molecule has 4 heterocycles. The zero-order valence-electron chi connectivity index (χ0n) is 20.6. The highest BCUT2D eigenvalue weighted by molar-refractivity contribution is 5.99. The van der Waals surface area contributed by atoms with E-state index in [4.69, 9.17) is 4.74 Å². The summed E-state index contributed by atoms with van der Waals surface area (Å²) in [6.45, 7) is 0.844. The Labute approximate surface area is 219 Å². The van der Waals surface area contributed by atoms with E-state index in [0.29, 0.717) is 65.4 Å². The molecule has 200 valence electrons. The Kier molecular flexibility index (Phi) is 5.29. The van der Waals surface area contributed by atoms with Gasteiger partial charge < -0.3 is 14.5 Å². The van der Waals surface area contributed by atoms with Gasteiger partial charge >= 0.3 is 6.18 Å². The number of aromatic amines is 1. The minimum Gasteiger partial charge on any atom is -0.468 e. The van der Waals surface area contributed by atoms with Crippen LogP contribution in [0.1, 0.15) is 20.8 Å². The van der Waals surface area contributed by atoms with E-state index in [1.54, 1.807) is 53.4 Å². The van der Waals surface area contributed by atoms with E-state index in [1.807, 2.05) is 4.90 Å². The summed E-state index contributed by atoms with van der Waals surface area (Å²) in [7, 11) is 0. The van der Waals surface area contributed by atoms with Gasteiger partial charge in [0.2, 0.25) is 5.88 Å². The molecule has 1 N–H and O–H groups in total. The zero-order valence-corrected chi connectivity index (χ0v) is 20.6. The number of hydrogen-bond donors (Lipinski definition) is 1. The number of nitrogens with one attached hydrogen (secondary N) is 1. The highest BCUT2D eigenvalue weighted by Crippen LogP contribution is 2.54. The fraction of sp³-hybridized carbons (Fsp3) is 0.370. The van der Waals surface area contributed by atoms with Gasteiger partial charge in [0.25, 0.3) is 11.8 Å². The average Bonchev–Trinajstić information content (AvgIpc) is 3.64. The number of alkyl halides is 3. The summed E-state index contributed by atoms with van der Waals surface area (Å²) in [5, 5.41) is 11.6. The van der Waals surface area contributed by atoms with Crippen LogP contribution in [0.3, 0.4) is 0 Å². The molecule has 2 amide bonds. The van der Waals surface area contributed by atoms with Crippen molar-refractivity contribution >= 4 is 33.6 Å². The third-order valence-electron chi connectivity index (χ3n) is 8.36. The summed E-state index contributed by atoms with van der Waals surface area (Å²) < 4.78 is 43.4. The van der Waals surface area contributed by atoms with Gasteiger partial charge in [-0.3, -0.25) is 9.59 Å². The largest absolute Gasteiger partial charge is 0.468 e. The second kappa shape index (κ2) is 8.65. The molecule has 0 radical (unpaired) electrons. The van der Waals surface area contributed by atoms with Gasteiger partial charge in [0.1, 0.15) is 16.7 Å². The van der Waals surface area contributed by atoms with Crippen LogP contribution < -0.4 is 4.74 Å². The van der Waals surface area contributed by atoms with Crippen molar-refractivity contribution in [2.75, 3.05) is 32.8 Å². The van der Waals surface area contributed by atoms with Crippen LogP contribution in [0.4, 0.5) is 13.2 Å². The molecule has 4 aromatic rings. The standard InChI is InChI=1S/C27H23F3N6O3/c28-27(29,30)13-39-24-16-4-2-1-3-14(16)7-23(31-24)26(38)36-11-19-17-9-35(10-18(17)20(19)12-36)25(37)15-5-6-21-22(8-15)33-34-32-21/h1-8,17-20H,9-13H2,(H,32,33,34)/t17-,18+,19+,20-. The lowest BCUT2D eigenvalue weighted by Gasteiger charge is -2.42. The number of likely N-dealkylation sites (tertiary alicyclic amines) is 2. The number of amides is 2. The summed E-state index contributed by atoms with van der Waals surface area (Å²) in [6.07, 6.45) is -4.52. The van der Waals surface area contributed by atoms with E-state index in [2.05, 4.69) is 20.4 Å². The van der Waals surface area contributed by atoms with Crippen LogP contribution in [-0.4, -0.2) is 81.0 Å². The van der Waals surface area contributed by atoms with Gasteiger partial charge in [-0.05, 0) is 59.4 Å². The second-order valence-corrected chi connectivity index (χ2v) is 10.5. The molecule has 1 saturated carbocycles. The first-order valence-corrected chi connectivity index (χ1v) is 12.7. The molecule has 1 aliphatic carbocycles. The summed E-state index contributed by atoms with van der Waals surface area (Å²) in [6, 6.07) is 13.7. The lowest BCUT2D eigenvalue weighted by Crippen LogP contribution is -2.44. The Bertz CT molecular complexity index is 1600. The molecule has 3 aliphatic rings.